The molecule has 0 bridgehead atoms. The summed E-state index contributed by atoms with van der Waals surface area (Å²) < 4.78 is 5.62. The summed E-state index contributed by atoms with van der Waals surface area (Å²) in [6, 6.07) is 9.31. The molecule has 0 aromatic heterocycles. The van der Waals surface area contributed by atoms with E-state index in [-0.39, 0.29) is 0 Å². The lowest BCUT2D eigenvalue weighted by molar-refractivity contribution is 0.0797. The molecule has 2 rings (SSSR count). The van der Waals surface area contributed by atoms with E-state index in [1.807, 2.05) is 13.0 Å². The Balaban J connectivity index is 2.20. The fourth-order valence-corrected chi connectivity index (χ4v) is 3.20. The Labute approximate surface area is 123 Å². The van der Waals surface area contributed by atoms with Crippen LogP contribution in [0.25, 0.3) is 0 Å². The van der Waals surface area contributed by atoms with E-state index in [9.17, 15) is 0 Å². The van der Waals surface area contributed by atoms with Crippen LogP contribution in [-0.2, 0) is 0 Å². The first-order valence-corrected chi connectivity index (χ1v) is 7.84. The molecular formula is C17H28N2O. The number of benzene rings is 1. The molecular weight excluding hydrogens is 248 g/mol. The Kier molecular flexibility index (Phi) is 5.44. The summed E-state index contributed by atoms with van der Waals surface area (Å²) in [7, 11) is 0. The molecule has 1 saturated heterocycles. The fourth-order valence-electron chi connectivity index (χ4n) is 3.20. The Hall–Kier alpha value is -1.06. The van der Waals surface area contributed by atoms with Gasteiger partial charge >= 0.3 is 0 Å². The van der Waals surface area contributed by atoms with E-state index in [1.165, 1.54) is 18.4 Å². The monoisotopic (exact) mass is 276 g/mol. The molecule has 1 heterocycles. The second-order valence-electron chi connectivity index (χ2n) is 5.99. The third-order valence-electron chi connectivity index (χ3n) is 4.34. The highest BCUT2D eigenvalue weighted by Gasteiger charge is 2.29. The van der Waals surface area contributed by atoms with Crippen LogP contribution in [0.5, 0.6) is 5.75 Å². The minimum atomic E-state index is 0.299. The highest BCUT2D eigenvalue weighted by Crippen LogP contribution is 2.31. The molecule has 20 heavy (non-hydrogen) atoms. The molecule has 1 aromatic rings. The summed E-state index contributed by atoms with van der Waals surface area (Å²) in [6.45, 7) is 9.17. The molecule has 112 valence electrons. The lowest BCUT2D eigenvalue weighted by atomic mass is 9.91. The molecule has 3 nitrogen and oxygen atoms in total. The lowest BCUT2D eigenvalue weighted by Crippen LogP contribution is -2.45. The molecule has 0 radical (unpaired) electrons. The van der Waals surface area contributed by atoms with Crippen LogP contribution in [0.3, 0.4) is 0 Å². The van der Waals surface area contributed by atoms with Gasteiger partial charge in [-0.05, 0) is 50.3 Å². The zero-order valence-corrected chi connectivity index (χ0v) is 13.0. The number of rotatable bonds is 5. The van der Waals surface area contributed by atoms with Gasteiger partial charge in [-0.1, -0.05) is 19.1 Å². The Morgan fingerprint density at radius 3 is 2.85 bits per heavy atom. The number of nitrogens with zero attached hydrogens (tertiary/aromatic N) is 1. The Morgan fingerprint density at radius 2 is 2.15 bits per heavy atom. The van der Waals surface area contributed by atoms with Gasteiger partial charge in [-0.15, -0.1) is 0 Å². The highest BCUT2D eigenvalue weighted by molar-refractivity contribution is 5.31. The minimum Gasteiger partial charge on any atom is -0.494 e. The van der Waals surface area contributed by atoms with Crippen molar-refractivity contribution >= 4 is 0 Å². The molecule has 1 aliphatic rings. The number of hydrogen-bond donors (Lipinski definition) is 1. The molecule has 2 N–H and O–H groups in total. The van der Waals surface area contributed by atoms with Crippen molar-refractivity contribution in [1.29, 1.82) is 0 Å². The van der Waals surface area contributed by atoms with E-state index in [2.05, 4.69) is 36.9 Å². The Morgan fingerprint density at radius 1 is 1.35 bits per heavy atom. The highest BCUT2D eigenvalue weighted by atomic mass is 16.5. The van der Waals surface area contributed by atoms with E-state index in [0.717, 1.165) is 18.2 Å². The predicted molar refractivity (Wildman–Crippen MR) is 84.0 cm³/mol. The van der Waals surface area contributed by atoms with E-state index < -0.39 is 0 Å². The van der Waals surface area contributed by atoms with Crippen molar-refractivity contribution in [2.24, 2.45) is 11.7 Å². The number of hydrogen-bond acceptors (Lipinski definition) is 3. The minimum absolute atomic E-state index is 0.299. The molecule has 3 unspecified atom stereocenters. The first-order chi connectivity index (χ1) is 9.65. The van der Waals surface area contributed by atoms with Gasteiger partial charge in [0.2, 0.25) is 0 Å². The normalized spacial score (nSPS) is 25.4. The van der Waals surface area contributed by atoms with Crippen LogP contribution in [0.2, 0.25) is 0 Å². The summed E-state index contributed by atoms with van der Waals surface area (Å²) in [5.74, 6) is 1.71. The maximum Gasteiger partial charge on any atom is 0.119 e. The molecule has 0 amide bonds. The van der Waals surface area contributed by atoms with Crippen molar-refractivity contribution in [3.05, 3.63) is 29.8 Å². The fraction of sp³-hybridized carbons (Fsp3) is 0.647. The topological polar surface area (TPSA) is 38.5 Å². The number of likely N-dealkylation sites (tertiary alicyclic amines) is 1. The smallest absolute Gasteiger partial charge is 0.119 e. The van der Waals surface area contributed by atoms with Gasteiger partial charge in [0.15, 0.2) is 0 Å². The maximum absolute atomic E-state index is 6.08. The van der Waals surface area contributed by atoms with E-state index in [0.29, 0.717) is 25.2 Å². The molecule has 3 heteroatoms. The van der Waals surface area contributed by atoms with Crippen molar-refractivity contribution < 1.29 is 4.74 Å². The van der Waals surface area contributed by atoms with Gasteiger partial charge in [0.1, 0.15) is 5.75 Å². The molecule has 1 aliphatic heterocycles. The SMILES string of the molecule is CCOc1cccc(C(CN)N2CC(C)CCC2C)c1. The van der Waals surface area contributed by atoms with Crippen LogP contribution < -0.4 is 10.5 Å². The third-order valence-corrected chi connectivity index (χ3v) is 4.34. The summed E-state index contributed by atoms with van der Waals surface area (Å²) >= 11 is 0. The van der Waals surface area contributed by atoms with Crippen molar-refractivity contribution in [3.63, 3.8) is 0 Å². The van der Waals surface area contributed by atoms with Crippen molar-refractivity contribution in [1.82, 2.24) is 4.90 Å². The van der Waals surface area contributed by atoms with Gasteiger partial charge in [0.05, 0.1) is 6.61 Å². The first-order valence-electron chi connectivity index (χ1n) is 7.84. The average molecular weight is 276 g/mol. The van der Waals surface area contributed by atoms with Crippen molar-refractivity contribution in [2.75, 3.05) is 19.7 Å². The van der Waals surface area contributed by atoms with E-state index in [1.54, 1.807) is 0 Å². The van der Waals surface area contributed by atoms with Crippen LogP contribution >= 0.6 is 0 Å². The molecule has 3 atom stereocenters. The van der Waals surface area contributed by atoms with Gasteiger partial charge in [-0.3, -0.25) is 4.90 Å². The average Bonchev–Trinajstić information content (AvgIpc) is 2.44. The van der Waals surface area contributed by atoms with Gasteiger partial charge in [-0.25, -0.2) is 0 Å². The summed E-state index contributed by atoms with van der Waals surface area (Å²) in [6.07, 6.45) is 2.59. The summed E-state index contributed by atoms with van der Waals surface area (Å²) in [5.41, 5.74) is 7.36. The number of nitrogens with two attached hydrogens (primary N) is 1. The van der Waals surface area contributed by atoms with Crippen LogP contribution in [-0.4, -0.2) is 30.6 Å². The largest absolute Gasteiger partial charge is 0.494 e. The second-order valence-corrected chi connectivity index (χ2v) is 5.99. The van der Waals surface area contributed by atoms with E-state index in [4.69, 9.17) is 10.5 Å². The van der Waals surface area contributed by atoms with Crippen LogP contribution in [0.15, 0.2) is 24.3 Å². The Bertz CT molecular complexity index is 421. The number of piperidine rings is 1. The predicted octanol–water partition coefficient (Wildman–Crippen LogP) is 3.21. The summed E-state index contributed by atoms with van der Waals surface area (Å²) in [4.78, 5) is 2.57. The molecule has 0 saturated carbocycles. The van der Waals surface area contributed by atoms with Crippen LogP contribution in [0.1, 0.15) is 45.2 Å². The summed E-state index contributed by atoms with van der Waals surface area (Å²) in [5, 5.41) is 0. The zero-order valence-electron chi connectivity index (χ0n) is 13.0. The van der Waals surface area contributed by atoms with Crippen LogP contribution in [0, 0.1) is 5.92 Å². The standard InChI is InChI=1S/C17H28N2O/c1-4-20-16-7-5-6-15(10-16)17(11-18)19-12-13(2)8-9-14(19)3/h5-7,10,13-14,17H,4,8-9,11-12,18H2,1-3H3. The molecule has 0 aliphatic carbocycles. The van der Waals surface area contributed by atoms with Gasteiger partial charge in [0, 0.05) is 25.2 Å². The van der Waals surface area contributed by atoms with E-state index >= 15 is 0 Å². The van der Waals surface area contributed by atoms with Gasteiger partial charge in [-0.2, -0.15) is 0 Å². The van der Waals surface area contributed by atoms with Gasteiger partial charge in [0.25, 0.3) is 0 Å². The molecule has 0 spiro atoms. The van der Waals surface area contributed by atoms with Crippen molar-refractivity contribution in [3.8, 4) is 5.75 Å². The number of ether oxygens (including phenoxy) is 1. The molecule has 1 fully saturated rings. The first kappa shape index (κ1) is 15.3. The van der Waals surface area contributed by atoms with Crippen molar-refractivity contribution in [2.45, 2.75) is 45.7 Å². The second kappa shape index (κ2) is 7.09. The lowest BCUT2D eigenvalue weighted by Gasteiger charge is -2.42. The third kappa shape index (κ3) is 3.53. The zero-order chi connectivity index (χ0) is 14.5. The van der Waals surface area contributed by atoms with Gasteiger partial charge < -0.3 is 10.5 Å². The maximum atomic E-state index is 6.08. The quantitative estimate of drug-likeness (QED) is 0.897. The molecule has 1 aromatic carbocycles. The van der Waals surface area contributed by atoms with Crippen LogP contribution in [0.4, 0.5) is 0 Å².